The third kappa shape index (κ3) is 3.21. The van der Waals surface area contributed by atoms with Gasteiger partial charge in [0.1, 0.15) is 0 Å². The molecule has 2 aromatic heterocycles. The van der Waals surface area contributed by atoms with Crippen LogP contribution in [-0.2, 0) is 6.18 Å². The highest BCUT2D eigenvalue weighted by Crippen LogP contribution is 2.30. The molecule has 0 aliphatic heterocycles. The lowest BCUT2D eigenvalue weighted by Gasteiger charge is -2.11. The molecule has 0 radical (unpaired) electrons. The molecule has 0 atom stereocenters. The normalized spacial score (nSPS) is 11.3. The smallest absolute Gasteiger partial charge is 0.322 e. The number of carbonyl (C=O) groups is 1. The lowest BCUT2D eigenvalue weighted by molar-refractivity contribution is -0.141. The number of tetrazole rings is 1. The molecule has 2 heterocycles. The lowest BCUT2D eigenvalue weighted by Crippen LogP contribution is -2.20. The molecular formula is C14H9F3N6O. The van der Waals surface area contributed by atoms with Crippen LogP contribution >= 0.6 is 0 Å². The van der Waals surface area contributed by atoms with E-state index in [0.717, 1.165) is 12.3 Å². The highest BCUT2D eigenvalue weighted by Gasteiger charge is 2.36. The number of nitrogens with zero attached hydrogens (tertiary/aromatic N) is 4. The lowest BCUT2D eigenvalue weighted by atomic mass is 10.1. The average Bonchev–Trinajstić information content (AvgIpc) is 3.09. The van der Waals surface area contributed by atoms with Crippen LogP contribution in [0.2, 0.25) is 0 Å². The highest BCUT2D eigenvalue weighted by molar-refractivity contribution is 6.05. The van der Waals surface area contributed by atoms with Gasteiger partial charge in [0.2, 0.25) is 5.82 Å². The van der Waals surface area contributed by atoms with Crippen LogP contribution in [0.15, 0.2) is 42.6 Å². The fourth-order valence-corrected chi connectivity index (χ4v) is 2.00. The van der Waals surface area contributed by atoms with Crippen LogP contribution in [0.5, 0.6) is 0 Å². The summed E-state index contributed by atoms with van der Waals surface area (Å²) in [6, 6.07) is 8.59. The van der Waals surface area contributed by atoms with Crippen LogP contribution in [0, 0.1) is 0 Å². The van der Waals surface area contributed by atoms with Crippen molar-refractivity contribution in [3.63, 3.8) is 0 Å². The van der Waals surface area contributed by atoms with E-state index in [9.17, 15) is 18.0 Å². The van der Waals surface area contributed by atoms with Crippen molar-refractivity contribution in [3.8, 4) is 11.4 Å². The number of alkyl halides is 3. The molecular weight excluding hydrogens is 325 g/mol. The summed E-state index contributed by atoms with van der Waals surface area (Å²) in [5, 5.41) is 15.7. The molecule has 1 amide bonds. The Morgan fingerprint density at radius 3 is 2.50 bits per heavy atom. The zero-order valence-electron chi connectivity index (χ0n) is 11.9. The van der Waals surface area contributed by atoms with Gasteiger partial charge in [0.15, 0.2) is 5.69 Å². The molecule has 0 aliphatic carbocycles. The van der Waals surface area contributed by atoms with Crippen molar-refractivity contribution in [1.29, 1.82) is 0 Å². The van der Waals surface area contributed by atoms with Crippen molar-refractivity contribution in [2.75, 3.05) is 5.32 Å². The van der Waals surface area contributed by atoms with Crippen molar-refractivity contribution < 1.29 is 18.0 Å². The van der Waals surface area contributed by atoms with Crippen molar-refractivity contribution in [2.24, 2.45) is 0 Å². The maximum atomic E-state index is 12.9. The van der Waals surface area contributed by atoms with E-state index in [2.05, 4.69) is 30.9 Å². The standard InChI is InChI=1S/C14H9F3N6O/c15-14(16,17)11-10(2-1-7-18-11)13(24)19-9-5-3-8(4-6-9)12-20-22-23-21-12/h1-7H,(H,19,24)(H,20,21,22,23). The molecule has 10 heteroatoms. The van der Waals surface area contributed by atoms with Gasteiger partial charge in [-0.1, -0.05) is 0 Å². The molecule has 0 bridgehead atoms. The molecule has 3 aromatic rings. The molecule has 3 rings (SSSR count). The van der Waals surface area contributed by atoms with Gasteiger partial charge in [0.25, 0.3) is 5.91 Å². The Morgan fingerprint density at radius 1 is 1.12 bits per heavy atom. The first-order valence-electron chi connectivity index (χ1n) is 6.62. The number of rotatable bonds is 3. The molecule has 7 nitrogen and oxygen atoms in total. The number of halogens is 3. The molecule has 24 heavy (non-hydrogen) atoms. The number of hydrogen-bond acceptors (Lipinski definition) is 5. The van der Waals surface area contributed by atoms with Gasteiger partial charge in [-0.15, -0.1) is 10.2 Å². The van der Waals surface area contributed by atoms with E-state index in [1.807, 2.05) is 0 Å². The molecule has 0 saturated carbocycles. The van der Waals surface area contributed by atoms with Crippen molar-refractivity contribution in [3.05, 3.63) is 53.9 Å². The summed E-state index contributed by atoms with van der Waals surface area (Å²) in [7, 11) is 0. The summed E-state index contributed by atoms with van der Waals surface area (Å²) >= 11 is 0. The fraction of sp³-hybridized carbons (Fsp3) is 0.0714. The molecule has 0 aliphatic rings. The topological polar surface area (TPSA) is 96.5 Å². The van der Waals surface area contributed by atoms with E-state index >= 15 is 0 Å². The predicted octanol–water partition coefficient (Wildman–Crippen LogP) is 2.53. The highest BCUT2D eigenvalue weighted by atomic mass is 19.4. The summed E-state index contributed by atoms with van der Waals surface area (Å²) in [5.74, 6) is -0.540. The summed E-state index contributed by atoms with van der Waals surface area (Å²) in [5.41, 5.74) is -0.818. The van der Waals surface area contributed by atoms with Gasteiger partial charge in [-0.25, -0.2) is 0 Å². The number of nitrogens with one attached hydrogen (secondary N) is 2. The number of hydrogen-bond donors (Lipinski definition) is 2. The Bertz CT molecular complexity index is 846. The zero-order chi connectivity index (χ0) is 17.2. The van der Waals surface area contributed by atoms with Crippen LogP contribution in [0.1, 0.15) is 16.1 Å². The monoisotopic (exact) mass is 334 g/mol. The average molecular weight is 334 g/mol. The van der Waals surface area contributed by atoms with Gasteiger partial charge in [-0.3, -0.25) is 9.78 Å². The Morgan fingerprint density at radius 2 is 1.88 bits per heavy atom. The molecule has 0 fully saturated rings. The number of aromatic amines is 1. The number of anilines is 1. The van der Waals surface area contributed by atoms with E-state index in [4.69, 9.17) is 0 Å². The second-order valence-corrected chi connectivity index (χ2v) is 4.66. The predicted molar refractivity (Wildman–Crippen MR) is 76.8 cm³/mol. The summed E-state index contributed by atoms with van der Waals surface area (Å²) in [6.45, 7) is 0. The molecule has 0 saturated heterocycles. The second kappa shape index (κ2) is 6.07. The number of benzene rings is 1. The van der Waals surface area contributed by atoms with Crippen LogP contribution in [0.3, 0.4) is 0 Å². The zero-order valence-corrected chi connectivity index (χ0v) is 11.9. The molecule has 0 spiro atoms. The summed E-state index contributed by atoms with van der Waals surface area (Å²) in [4.78, 5) is 15.4. The number of aromatic nitrogens is 5. The first kappa shape index (κ1) is 15.6. The van der Waals surface area contributed by atoms with Crippen molar-refractivity contribution in [2.45, 2.75) is 6.18 Å². The van der Waals surface area contributed by atoms with E-state index in [-0.39, 0.29) is 0 Å². The minimum atomic E-state index is -4.71. The minimum absolute atomic E-state index is 0.323. The van der Waals surface area contributed by atoms with Crippen LogP contribution in [0.25, 0.3) is 11.4 Å². The van der Waals surface area contributed by atoms with Gasteiger partial charge < -0.3 is 5.32 Å². The molecule has 1 aromatic carbocycles. The van der Waals surface area contributed by atoms with Gasteiger partial charge in [-0.2, -0.15) is 18.4 Å². The Hall–Kier alpha value is -3.30. The number of pyridine rings is 1. The SMILES string of the molecule is O=C(Nc1ccc(-c2nn[nH]n2)cc1)c1cccnc1C(F)(F)F. The van der Waals surface area contributed by atoms with Crippen molar-refractivity contribution >= 4 is 11.6 Å². The Kier molecular flexibility index (Phi) is 3.94. The van der Waals surface area contributed by atoms with E-state index < -0.39 is 23.3 Å². The van der Waals surface area contributed by atoms with Gasteiger partial charge >= 0.3 is 6.18 Å². The second-order valence-electron chi connectivity index (χ2n) is 4.66. The molecule has 0 unspecified atom stereocenters. The van der Waals surface area contributed by atoms with E-state index in [1.165, 1.54) is 18.2 Å². The Labute approximate surface area is 132 Å². The maximum Gasteiger partial charge on any atom is 0.434 e. The molecule has 122 valence electrons. The summed E-state index contributed by atoms with van der Waals surface area (Å²) in [6.07, 6.45) is -3.73. The molecule has 2 N–H and O–H groups in total. The number of carbonyl (C=O) groups excluding carboxylic acids is 1. The largest absolute Gasteiger partial charge is 0.434 e. The van der Waals surface area contributed by atoms with E-state index in [1.54, 1.807) is 12.1 Å². The van der Waals surface area contributed by atoms with Crippen LogP contribution in [0.4, 0.5) is 18.9 Å². The van der Waals surface area contributed by atoms with Gasteiger partial charge in [0, 0.05) is 17.4 Å². The minimum Gasteiger partial charge on any atom is -0.322 e. The van der Waals surface area contributed by atoms with Gasteiger partial charge in [0.05, 0.1) is 5.56 Å². The third-order valence-corrected chi connectivity index (χ3v) is 3.07. The first-order valence-corrected chi connectivity index (χ1v) is 6.62. The van der Waals surface area contributed by atoms with Crippen molar-refractivity contribution in [1.82, 2.24) is 25.6 Å². The summed E-state index contributed by atoms with van der Waals surface area (Å²) < 4.78 is 38.7. The first-order chi connectivity index (χ1) is 11.4. The van der Waals surface area contributed by atoms with E-state index in [0.29, 0.717) is 17.1 Å². The fourth-order valence-electron chi connectivity index (χ4n) is 2.00. The third-order valence-electron chi connectivity index (χ3n) is 3.07. The number of H-pyrrole nitrogens is 1. The maximum absolute atomic E-state index is 12.9. The number of amides is 1. The van der Waals surface area contributed by atoms with Crippen LogP contribution in [-0.4, -0.2) is 31.5 Å². The van der Waals surface area contributed by atoms with Crippen LogP contribution < -0.4 is 5.32 Å². The van der Waals surface area contributed by atoms with Gasteiger partial charge in [-0.05, 0) is 41.6 Å². The quantitative estimate of drug-likeness (QED) is 0.767. The Balaban J connectivity index is 1.81.